The molecular weight excluding hydrogens is 328 g/mol. The molecule has 1 saturated carbocycles. The Morgan fingerprint density at radius 1 is 1.08 bits per heavy atom. The molecule has 0 bridgehead atoms. The highest BCUT2D eigenvalue weighted by Gasteiger charge is 2.31. The first kappa shape index (κ1) is 19.0. The van der Waals surface area contributed by atoms with Crippen LogP contribution in [0.3, 0.4) is 0 Å². The first-order chi connectivity index (χ1) is 12.6. The summed E-state index contributed by atoms with van der Waals surface area (Å²) in [4.78, 5) is 4.57. The predicted octanol–water partition coefficient (Wildman–Crippen LogP) is 2.23. The van der Waals surface area contributed by atoms with Crippen LogP contribution in [0, 0.1) is 12.3 Å². The van der Waals surface area contributed by atoms with E-state index >= 15 is 0 Å². The average molecular weight is 358 g/mol. The van der Waals surface area contributed by atoms with E-state index in [4.69, 9.17) is 11.2 Å². The lowest BCUT2D eigenvalue weighted by molar-refractivity contribution is -0.0698. The van der Waals surface area contributed by atoms with Gasteiger partial charge in [-0.2, -0.15) is 0 Å². The summed E-state index contributed by atoms with van der Waals surface area (Å²) in [7, 11) is 0. The third-order valence-electron chi connectivity index (χ3n) is 5.53. The van der Waals surface area contributed by atoms with Crippen molar-refractivity contribution >= 4 is 5.69 Å². The summed E-state index contributed by atoms with van der Waals surface area (Å²) < 4.78 is 5.98. The Balaban J connectivity index is 1.41. The van der Waals surface area contributed by atoms with Gasteiger partial charge in [-0.3, -0.25) is 4.90 Å². The second-order valence-corrected chi connectivity index (χ2v) is 7.47. The molecule has 2 aliphatic rings. The van der Waals surface area contributed by atoms with Crippen molar-refractivity contribution in [2.24, 2.45) is 0 Å². The second-order valence-electron chi connectivity index (χ2n) is 7.47. The number of benzene rings is 1. The number of terminal acetylenes is 1. The molecule has 0 radical (unpaired) electrons. The van der Waals surface area contributed by atoms with Gasteiger partial charge in [0.05, 0.1) is 12.7 Å². The maximum absolute atomic E-state index is 10.4. The van der Waals surface area contributed by atoms with Crippen molar-refractivity contribution < 1.29 is 14.9 Å². The Kier molecular flexibility index (Phi) is 6.42. The van der Waals surface area contributed by atoms with Crippen LogP contribution in [0.15, 0.2) is 24.3 Å². The van der Waals surface area contributed by atoms with Crippen molar-refractivity contribution in [1.29, 1.82) is 0 Å². The van der Waals surface area contributed by atoms with E-state index in [-0.39, 0.29) is 0 Å². The van der Waals surface area contributed by atoms with Gasteiger partial charge in [-0.15, -0.1) is 6.42 Å². The maximum Gasteiger partial charge on any atom is 0.128 e. The number of aromatic hydroxyl groups is 1. The topological polar surface area (TPSA) is 56.2 Å². The van der Waals surface area contributed by atoms with Gasteiger partial charge in [-0.25, -0.2) is 0 Å². The molecule has 1 saturated heterocycles. The summed E-state index contributed by atoms with van der Waals surface area (Å²) in [6.07, 6.45) is 10.4. The van der Waals surface area contributed by atoms with Crippen molar-refractivity contribution in [3.8, 4) is 18.1 Å². The van der Waals surface area contributed by atoms with E-state index in [9.17, 15) is 10.2 Å². The van der Waals surface area contributed by atoms with Gasteiger partial charge >= 0.3 is 0 Å². The lowest BCUT2D eigenvalue weighted by Crippen LogP contribution is -2.49. The minimum Gasteiger partial charge on any atom is -0.508 e. The highest BCUT2D eigenvalue weighted by molar-refractivity contribution is 5.49. The molecule has 142 valence electrons. The van der Waals surface area contributed by atoms with E-state index < -0.39 is 11.7 Å². The first-order valence-electron chi connectivity index (χ1n) is 9.66. The van der Waals surface area contributed by atoms with E-state index in [0.717, 1.165) is 57.5 Å². The number of anilines is 1. The molecule has 5 heteroatoms. The standard InChI is InChI=1S/C21H30N2O3/c1-2-21(10-4-3-5-11-21)26-17-20(25)16-22-12-14-23(15-13-22)18-6-8-19(24)9-7-18/h1,6-9,20,24-25H,3-5,10-17H2. The van der Waals surface area contributed by atoms with Gasteiger partial charge in [0.2, 0.25) is 0 Å². The number of aliphatic hydroxyl groups excluding tert-OH is 1. The fourth-order valence-corrected chi connectivity index (χ4v) is 3.91. The smallest absolute Gasteiger partial charge is 0.128 e. The van der Waals surface area contributed by atoms with Crippen LogP contribution in [0.4, 0.5) is 5.69 Å². The number of rotatable bonds is 6. The first-order valence-corrected chi connectivity index (χ1v) is 9.66. The van der Waals surface area contributed by atoms with E-state index in [1.807, 2.05) is 12.1 Å². The zero-order valence-corrected chi connectivity index (χ0v) is 15.4. The minimum atomic E-state index is -0.512. The Morgan fingerprint density at radius 2 is 1.73 bits per heavy atom. The lowest BCUT2D eigenvalue weighted by Gasteiger charge is -2.37. The molecule has 2 N–H and O–H groups in total. The number of ether oxygens (including phenoxy) is 1. The Hall–Kier alpha value is -1.74. The molecule has 1 aliphatic heterocycles. The normalized spacial score (nSPS) is 21.9. The number of piperazine rings is 1. The zero-order chi connectivity index (χ0) is 18.4. The summed E-state index contributed by atoms with van der Waals surface area (Å²) in [6, 6.07) is 7.32. The van der Waals surface area contributed by atoms with Gasteiger partial charge in [0, 0.05) is 38.4 Å². The minimum absolute atomic E-state index is 0.290. The lowest BCUT2D eigenvalue weighted by atomic mass is 9.85. The number of phenolic OH excluding ortho intramolecular Hbond substituents is 1. The molecule has 0 aromatic heterocycles. The molecule has 1 atom stereocenters. The Bertz CT molecular complexity index is 597. The number of hydrogen-bond donors (Lipinski definition) is 2. The van der Waals surface area contributed by atoms with Gasteiger partial charge in [0.15, 0.2) is 0 Å². The van der Waals surface area contributed by atoms with Gasteiger partial charge < -0.3 is 19.8 Å². The Morgan fingerprint density at radius 3 is 2.35 bits per heavy atom. The molecule has 2 fully saturated rings. The van der Waals surface area contributed by atoms with Gasteiger partial charge in [-0.05, 0) is 49.9 Å². The number of phenols is 1. The molecule has 1 aliphatic carbocycles. The Labute approximate surface area is 156 Å². The number of β-amino-alcohol motifs (C(OH)–C–C–N with tert-alkyl or cyclic N) is 1. The fraction of sp³-hybridized carbons (Fsp3) is 0.619. The monoisotopic (exact) mass is 358 g/mol. The van der Waals surface area contributed by atoms with Gasteiger partial charge in [0.1, 0.15) is 11.4 Å². The molecular formula is C21H30N2O3. The van der Waals surface area contributed by atoms with Crippen molar-refractivity contribution in [2.75, 3.05) is 44.2 Å². The average Bonchev–Trinajstić information content (AvgIpc) is 2.68. The molecule has 0 amide bonds. The summed E-state index contributed by atoms with van der Waals surface area (Å²) in [5, 5.41) is 19.8. The zero-order valence-electron chi connectivity index (χ0n) is 15.4. The van der Waals surface area contributed by atoms with Crippen LogP contribution >= 0.6 is 0 Å². The van der Waals surface area contributed by atoms with Crippen molar-refractivity contribution in [1.82, 2.24) is 4.90 Å². The summed E-state index contributed by atoms with van der Waals surface area (Å²) in [5.74, 6) is 3.12. The maximum atomic E-state index is 10.4. The molecule has 1 heterocycles. The van der Waals surface area contributed by atoms with E-state index in [1.165, 1.54) is 6.42 Å². The van der Waals surface area contributed by atoms with Crippen molar-refractivity contribution in [2.45, 2.75) is 43.8 Å². The number of nitrogens with zero attached hydrogens (tertiary/aromatic N) is 2. The third-order valence-corrected chi connectivity index (χ3v) is 5.53. The SMILES string of the molecule is C#CC1(OCC(O)CN2CCN(c3ccc(O)cc3)CC2)CCCCC1. The molecule has 1 aromatic carbocycles. The molecule has 1 unspecified atom stereocenters. The molecule has 1 aromatic rings. The van der Waals surface area contributed by atoms with Crippen LogP contribution in [-0.4, -0.2) is 66.1 Å². The quantitative estimate of drug-likeness (QED) is 0.764. The number of aliphatic hydroxyl groups is 1. The molecule has 5 nitrogen and oxygen atoms in total. The van der Waals surface area contributed by atoms with Crippen molar-refractivity contribution in [3.63, 3.8) is 0 Å². The van der Waals surface area contributed by atoms with Crippen molar-refractivity contribution in [3.05, 3.63) is 24.3 Å². The summed E-state index contributed by atoms with van der Waals surface area (Å²) in [5.41, 5.74) is 0.663. The number of hydrogen-bond acceptors (Lipinski definition) is 5. The van der Waals surface area contributed by atoms with Crippen LogP contribution in [0.2, 0.25) is 0 Å². The van der Waals surface area contributed by atoms with Crippen LogP contribution < -0.4 is 4.90 Å². The second kappa shape index (κ2) is 8.77. The van der Waals surface area contributed by atoms with Gasteiger partial charge in [-0.1, -0.05) is 12.3 Å². The highest BCUT2D eigenvalue weighted by Crippen LogP contribution is 2.31. The summed E-state index contributed by atoms with van der Waals surface area (Å²) >= 11 is 0. The van der Waals surface area contributed by atoms with Crippen LogP contribution in [0.1, 0.15) is 32.1 Å². The van der Waals surface area contributed by atoms with Crippen LogP contribution in [0.5, 0.6) is 5.75 Å². The highest BCUT2D eigenvalue weighted by atomic mass is 16.5. The predicted molar refractivity (Wildman–Crippen MR) is 103 cm³/mol. The largest absolute Gasteiger partial charge is 0.508 e. The molecule has 3 rings (SSSR count). The summed E-state index contributed by atoms with van der Waals surface area (Å²) in [6.45, 7) is 4.54. The third kappa shape index (κ3) is 4.91. The van der Waals surface area contributed by atoms with E-state index in [1.54, 1.807) is 12.1 Å². The molecule has 26 heavy (non-hydrogen) atoms. The van der Waals surface area contributed by atoms with Crippen LogP contribution in [0.25, 0.3) is 0 Å². The molecule has 0 spiro atoms. The van der Waals surface area contributed by atoms with Crippen LogP contribution in [-0.2, 0) is 4.74 Å². The van der Waals surface area contributed by atoms with Gasteiger partial charge in [0.25, 0.3) is 0 Å². The van der Waals surface area contributed by atoms with E-state index in [0.29, 0.717) is 18.9 Å². The fourth-order valence-electron chi connectivity index (χ4n) is 3.91. The van der Waals surface area contributed by atoms with E-state index in [2.05, 4.69) is 15.7 Å².